The molecule has 0 aromatic heterocycles. The number of hydrogen-bond acceptors (Lipinski definition) is 0. The third kappa shape index (κ3) is 4.40. The first kappa shape index (κ1) is 13.2. The summed E-state index contributed by atoms with van der Waals surface area (Å²) in [6, 6.07) is 9.31. The van der Waals surface area contributed by atoms with Crippen molar-refractivity contribution in [2.75, 3.05) is 0 Å². The van der Waals surface area contributed by atoms with E-state index >= 15 is 0 Å². The third-order valence-corrected chi connectivity index (χ3v) is 1.09. The van der Waals surface area contributed by atoms with Crippen LogP contribution in [0.2, 0.25) is 0 Å². The van der Waals surface area contributed by atoms with Crippen molar-refractivity contribution in [3.63, 3.8) is 0 Å². The van der Waals surface area contributed by atoms with Gasteiger partial charge in [0.1, 0.15) is 0 Å². The van der Waals surface area contributed by atoms with Crippen molar-refractivity contribution >= 4 is 0 Å². The summed E-state index contributed by atoms with van der Waals surface area (Å²) < 4.78 is 0. The summed E-state index contributed by atoms with van der Waals surface area (Å²) in [5.41, 5.74) is 2.43. The van der Waals surface area contributed by atoms with E-state index in [1.54, 1.807) is 0 Å². The molecule has 0 saturated heterocycles. The van der Waals surface area contributed by atoms with Crippen LogP contribution in [0.25, 0.3) is 0 Å². The topological polar surface area (TPSA) is 0 Å². The van der Waals surface area contributed by atoms with Crippen LogP contribution in [0.3, 0.4) is 0 Å². The van der Waals surface area contributed by atoms with E-state index in [4.69, 9.17) is 0 Å². The largest absolute Gasteiger partial charge is 1.00 e. The van der Waals surface area contributed by atoms with Gasteiger partial charge >= 0.3 is 0 Å². The van der Waals surface area contributed by atoms with Crippen LogP contribution in [0.15, 0.2) is 18.2 Å². The number of halogens is 1. The smallest absolute Gasteiger partial charge is 0 e. The van der Waals surface area contributed by atoms with Gasteiger partial charge in [0, 0.05) is 19.5 Å². The van der Waals surface area contributed by atoms with Gasteiger partial charge in [0.05, 0.1) is 0 Å². The molecule has 0 nitrogen and oxygen atoms in total. The van der Waals surface area contributed by atoms with Gasteiger partial charge in [-0.25, -0.2) is 0 Å². The van der Waals surface area contributed by atoms with Crippen LogP contribution >= 0.6 is 0 Å². The normalized spacial score (nSPS) is 7.40. The molecule has 0 atom stereocenters. The van der Waals surface area contributed by atoms with Crippen molar-refractivity contribution in [3.05, 3.63) is 35.4 Å². The number of aryl methyl sites for hydroxylation is 2. The van der Waals surface area contributed by atoms with Crippen molar-refractivity contribution in [2.45, 2.75) is 13.8 Å². The zero-order valence-corrected chi connectivity index (χ0v) is 11.4. The molecule has 0 heterocycles. The molecular formula is C8H9IZn-. The second kappa shape index (κ2) is 6.29. The molecule has 10 heavy (non-hydrogen) atoms. The Morgan fingerprint density at radius 1 is 1.10 bits per heavy atom. The Labute approximate surface area is 92.2 Å². The molecule has 51 valence electrons. The molecule has 0 aliphatic carbocycles. The standard InChI is InChI=1S/C8H9.HI.Zn/c1-7-4-3-5-8(2)6-7;;/h3-5H,1-2H3;1H;/p-1. The van der Waals surface area contributed by atoms with Crippen LogP contribution in [-0.2, 0) is 19.5 Å². The number of benzene rings is 1. The van der Waals surface area contributed by atoms with Crippen molar-refractivity contribution in [1.82, 2.24) is 0 Å². The van der Waals surface area contributed by atoms with Gasteiger partial charge < -0.3 is 24.0 Å². The molecule has 0 unspecified atom stereocenters. The Hall–Kier alpha value is 0.573. The van der Waals surface area contributed by atoms with E-state index in [9.17, 15) is 0 Å². The van der Waals surface area contributed by atoms with Gasteiger partial charge in [-0.2, -0.15) is 0 Å². The second-order valence-corrected chi connectivity index (χ2v) is 2.02. The van der Waals surface area contributed by atoms with Gasteiger partial charge in [0.25, 0.3) is 0 Å². The minimum Gasteiger partial charge on any atom is -1.00 e. The van der Waals surface area contributed by atoms with Gasteiger partial charge in [0.2, 0.25) is 0 Å². The van der Waals surface area contributed by atoms with Crippen molar-refractivity contribution in [3.8, 4) is 0 Å². The van der Waals surface area contributed by atoms with Gasteiger partial charge in [0.15, 0.2) is 0 Å². The summed E-state index contributed by atoms with van der Waals surface area (Å²) >= 11 is 0. The van der Waals surface area contributed by atoms with E-state index < -0.39 is 0 Å². The Balaban J connectivity index is 0. The molecule has 0 aliphatic heterocycles. The summed E-state index contributed by atoms with van der Waals surface area (Å²) in [5.74, 6) is 0. The van der Waals surface area contributed by atoms with Crippen molar-refractivity contribution < 1.29 is 43.5 Å². The molecule has 0 aliphatic rings. The van der Waals surface area contributed by atoms with E-state index in [-0.39, 0.29) is 43.5 Å². The quantitative estimate of drug-likeness (QED) is 0.430. The van der Waals surface area contributed by atoms with Gasteiger partial charge in [-0.3, -0.25) is 0 Å². The summed E-state index contributed by atoms with van der Waals surface area (Å²) in [4.78, 5) is 0. The first-order valence-corrected chi connectivity index (χ1v) is 2.74. The molecular weight excluding hydrogens is 288 g/mol. The predicted octanol–water partition coefficient (Wildman–Crippen LogP) is -0.895. The SMILES string of the molecule is Cc1[c]c(C)ccc1.[I-].[Zn]. The third-order valence-electron chi connectivity index (χ3n) is 1.09. The van der Waals surface area contributed by atoms with E-state index in [1.165, 1.54) is 11.1 Å². The van der Waals surface area contributed by atoms with Crippen LogP contribution in [0, 0.1) is 19.9 Å². The van der Waals surface area contributed by atoms with Gasteiger partial charge in [-0.05, 0) is 31.0 Å². The Morgan fingerprint density at radius 2 is 1.50 bits per heavy atom. The molecule has 1 radical (unpaired) electrons. The zero-order valence-electron chi connectivity index (χ0n) is 6.32. The fourth-order valence-corrected chi connectivity index (χ4v) is 0.731. The first-order chi connectivity index (χ1) is 3.79. The summed E-state index contributed by atoms with van der Waals surface area (Å²) in [6.07, 6.45) is 0. The predicted molar refractivity (Wildman–Crippen MR) is 34.8 cm³/mol. The Kier molecular flexibility index (Phi) is 8.30. The first-order valence-electron chi connectivity index (χ1n) is 2.74. The van der Waals surface area contributed by atoms with Crippen LogP contribution < -0.4 is 24.0 Å². The van der Waals surface area contributed by atoms with Crippen LogP contribution in [0.5, 0.6) is 0 Å². The molecule has 0 spiro atoms. The van der Waals surface area contributed by atoms with Gasteiger partial charge in [-0.1, -0.05) is 18.2 Å². The van der Waals surface area contributed by atoms with Crippen LogP contribution in [0.1, 0.15) is 11.1 Å². The summed E-state index contributed by atoms with van der Waals surface area (Å²) in [6.45, 7) is 4.10. The van der Waals surface area contributed by atoms with Crippen molar-refractivity contribution in [2.24, 2.45) is 0 Å². The van der Waals surface area contributed by atoms with E-state index in [1.807, 2.05) is 32.0 Å². The van der Waals surface area contributed by atoms with E-state index in [0.29, 0.717) is 0 Å². The molecule has 0 fully saturated rings. The Morgan fingerprint density at radius 3 is 1.70 bits per heavy atom. The van der Waals surface area contributed by atoms with Crippen LogP contribution in [-0.4, -0.2) is 0 Å². The van der Waals surface area contributed by atoms with Gasteiger partial charge in [-0.15, -0.1) is 0 Å². The molecule has 2 heteroatoms. The van der Waals surface area contributed by atoms with Crippen molar-refractivity contribution in [1.29, 1.82) is 0 Å². The summed E-state index contributed by atoms with van der Waals surface area (Å²) in [7, 11) is 0. The number of rotatable bonds is 0. The maximum atomic E-state index is 3.17. The molecule has 1 aromatic rings. The zero-order chi connectivity index (χ0) is 5.98. The molecule has 1 aromatic carbocycles. The van der Waals surface area contributed by atoms with Crippen LogP contribution in [0.4, 0.5) is 0 Å². The Bertz CT molecular complexity index is 169. The maximum absolute atomic E-state index is 3.17. The molecule has 0 saturated carbocycles. The second-order valence-electron chi connectivity index (χ2n) is 2.02. The average Bonchev–Trinajstić information content (AvgIpc) is 1.64. The minimum absolute atomic E-state index is 0. The molecule has 0 N–H and O–H groups in total. The molecule has 0 amide bonds. The monoisotopic (exact) mass is 296 g/mol. The fraction of sp³-hybridized carbons (Fsp3) is 0.250. The number of hydrogen-bond donors (Lipinski definition) is 0. The fourth-order valence-electron chi connectivity index (χ4n) is 0.731. The average molecular weight is 297 g/mol. The molecule has 0 bridgehead atoms. The minimum atomic E-state index is 0. The molecule has 1 rings (SSSR count). The summed E-state index contributed by atoms with van der Waals surface area (Å²) in [5, 5.41) is 0. The van der Waals surface area contributed by atoms with E-state index in [2.05, 4.69) is 6.07 Å². The maximum Gasteiger partial charge on any atom is 0 e. The van der Waals surface area contributed by atoms with E-state index in [0.717, 1.165) is 0 Å².